The van der Waals surface area contributed by atoms with Crippen molar-refractivity contribution in [2.45, 2.75) is 64.3 Å². The van der Waals surface area contributed by atoms with Gasteiger partial charge in [0.1, 0.15) is 0 Å². The summed E-state index contributed by atoms with van der Waals surface area (Å²) >= 11 is 6.32. The average Bonchev–Trinajstić information content (AvgIpc) is 2.55. The largest absolute Gasteiger partial charge is 0.327 e. The molecule has 0 amide bonds. The summed E-state index contributed by atoms with van der Waals surface area (Å²) in [6, 6.07) is 0.213. The van der Waals surface area contributed by atoms with Crippen molar-refractivity contribution >= 4 is 11.6 Å². The third-order valence-corrected chi connectivity index (χ3v) is 4.94. The third kappa shape index (κ3) is 3.73. The molecule has 1 fully saturated rings. The van der Waals surface area contributed by atoms with Crippen LogP contribution in [0.25, 0.3) is 0 Å². The van der Waals surface area contributed by atoms with Crippen molar-refractivity contribution in [2.24, 2.45) is 18.7 Å². The van der Waals surface area contributed by atoms with Gasteiger partial charge in [-0.1, -0.05) is 43.7 Å². The van der Waals surface area contributed by atoms with Gasteiger partial charge in [-0.15, -0.1) is 0 Å². The minimum absolute atomic E-state index is 0.213. The molecule has 1 aromatic heterocycles. The molecular weight excluding hydrogens is 258 g/mol. The lowest BCUT2D eigenvalue weighted by Crippen LogP contribution is -2.33. The number of nitrogens with two attached hydrogens (primary N) is 1. The minimum Gasteiger partial charge on any atom is -0.327 e. The predicted molar refractivity (Wildman–Crippen MR) is 80.4 cm³/mol. The normalized spacial score (nSPS) is 20.0. The molecule has 0 spiro atoms. The topological polar surface area (TPSA) is 43.8 Å². The van der Waals surface area contributed by atoms with Gasteiger partial charge in [-0.3, -0.25) is 4.68 Å². The highest BCUT2D eigenvalue weighted by Crippen LogP contribution is 2.27. The molecule has 3 nitrogen and oxygen atoms in total. The van der Waals surface area contributed by atoms with Gasteiger partial charge in [-0.05, 0) is 25.7 Å². The summed E-state index contributed by atoms with van der Waals surface area (Å²) in [5, 5.41) is 5.17. The highest BCUT2D eigenvalue weighted by molar-refractivity contribution is 6.31. The van der Waals surface area contributed by atoms with E-state index in [-0.39, 0.29) is 6.04 Å². The molecule has 0 bridgehead atoms. The van der Waals surface area contributed by atoms with Crippen LogP contribution in [0.4, 0.5) is 0 Å². The van der Waals surface area contributed by atoms with Crippen molar-refractivity contribution in [1.82, 2.24) is 9.78 Å². The van der Waals surface area contributed by atoms with Crippen LogP contribution in [0.1, 0.15) is 56.3 Å². The number of aryl methyl sites for hydroxylation is 2. The summed E-state index contributed by atoms with van der Waals surface area (Å²) in [5.74, 6) is 0.645. The van der Waals surface area contributed by atoms with Gasteiger partial charge >= 0.3 is 0 Å². The first-order valence-corrected chi connectivity index (χ1v) is 7.91. The Hall–Kier alpha value is -0.540. The van der Waals surface area contributed by atoms with Crippen molar-refractivity contribution in [3.05, 3.63) is 16.4 Å². The van der Waals surface area contributed by atoms with Crippen molar-refractivity contribution in [3.63, 3.8) is 0 Å². The molecule has 0 aromatic carbocycles. The summed E-state index contributed by atoms with van der Waals surface area (Å²) < 4.78 is 1.89. The van der Waals surface area contributed by atoms with E-state index in [0.717, 1.165) is 22.8 Å². The maximum absolute atomic E-state index is 6.45. The van der Waals surface area contributed by atoms with Gasteiger partial charge in [0.25, 0.3) is 0 Å². The number of aromatic nitrogens is 2. The second kappa shape index (κ2) is 6.76. The number of halogens is 1. The number of nitrogens with zero attached hydrogens (tertiary/aromatic N) is 2. The SMILES string of the molecule is Cc1nn(C)c(CC(N)C2CCCCCCC2)c1Cl. The fourth-order valence-corrected chi connectivity index (χ4v) is 3.44. The van der Waals surface area contributed by atoms with E-state index in [1.807, 2.05) is 18.7 Å². The molecule has 108 valence electrons. The Labute approximate surface area is 121 Å². The molecule has 0 radical (unpaired) electrons. The first kappa shape index (κ1) is 14.9. The lowest BCUT2D eigenvalue weighted by molar-refractivity contribution is 0.319. The van der Waals surface area contributed by atoms with Gasteiger partial charge in [-0.2, -0.15) is 5.10 Å². The van der Waals surface area contributed by atoms with Crippen molar-refractivity contribution in [3.8, 4) is 0 Å². The smallest absolute Gasteiger partial charge is 0.0847 e. The second-order valence-electron chi connectivity index (χ2n) is 5.94. The summed E-state index contributed by atoms with van der Waals surface area (Å²) in [6.45, 7) is 1.95. The molecule has 0 saturated heterocycles. The number of hydrogen-bond donors (Lipinski definition) is 1. The lowest BCUT2D eigenvalue weighted by Gasteiger charge is -2.26. The maximum atomic E-state index is 6.45. The Bertz CT molecular complexity index is 406. The number of hydrogen-bond acceptors (Lipinski definition) is 2. The Balaban J connectivity index is 2.00. The van der Waals surface area contributed by atoms with Gasteiger partial charge < -0.3 is 5.73 Å². The van der Waals surface area contributed by atoms with E-state index >= 15 is 0 Å². The quantitative estimate of drug-likeness (QED) is 0.921. The van der Waals surface area contributed by atoms with Crippen molar-refractivity contribution in [1.29, 1.82) is 0 Å². The van der Waals surface area contributed by atoms with Crippen LogP contribution in [-0.4, -0.2) is 15.8 Å². The van der Waals surface area contributed by atoms with Gasteiger partial charge in [0.2, 0.25) is 0 Å². The first-order valence-electron chi connectivity index (χ1n) is 7.53. The molecule has 1 unspecified atom stereocenters. The zero-order chi connectivity index (χ0) is 13.8. The van der Waals surface area contributed by atoms with Crippen LogP contribution in [-0.2, 0) is 13.5 Å². The summed E-state index contributed by atoms with van der Waals surface area (Å²) in [5.41, 5.74) is 8.45. The maximum Gasteiger partial charge on any atom is 0.0847 e. The molecule has 4 heteroatoms. The fourth-order valence-electron chi connectivity index (χ4n) is 3.21. The van der Waals surface area contributed by atoms with E-state index in [1.165, 1.54) is 44.9 Å². The van der Waals surface area contributed by atoms with E-state index in [2.05, 4.69) is 5.10 Å². The average molecular weight is 284 g/mol. The van der Waals surface area contributed by atoms with E-state index in [9.17, 15) is 0 Å². The van der Waals surface area contributed by atoms with E-state index in [1.54, 1.807) is 0 Å². The molecule has 1 atom stereocenters. The zero-order valence-electron chi connectivity index (χ0n) is 12.2. The van der Waals surface area contributed by atoms with Crippen molar-refractivity contribution < 1.29 is 0 Å². The summed E-state index contributed by atoms with van der Waals surface area (Å²) in [7, 11) is 1.96. The number of rotatable bonds is 3. The minimum atomic E-state index is 0.213. The lowest BCUT2D eigenvalue weighted by atomic mass is 9.84. The van der Waals surface area contributed by atoms with E-state index < -0.39 is 0 Å². The summed E-state index contributed by atoms with van der Waals surface area (Å²) in [4.78, 5) is 0. The summed E-state index contributed by atoms with van der Waals surface area (Å²) in [6.07, 6.45) is 10.2. The van der Waals surface area contributed by atoms with Crippen molar-refractivity contribution in [2.75, 3.05) is 0 Å². The molecule has 2 rings (SSSR count). The van der Waals surface area contributed by atoms with E-state index in [4.69, 9.17) is 17.3 Å². The van der Waals surface area contributed by atoms with Crippen LogP contribution in [0.15, 0.2) is 0 Å². The molecule has 1 aliphatic rings. The van der Waals surface area contributed by atoms with Gasteiger partial charge in [0, 0.05) is 19.5 Å². The first-order chi connectivity index (χ1) is 9.09. The Morgan fingerprint density at radius 2 is 1.84 bits per heavy atom. The molecule has 0 aliphatic heterocycles. The Morgan fingerprint density at radius 3 is 2.37 bits per heavy atom. The second-order valence-corrected chi connectivity index (χ2v) is 6.32. The Morgan fingerprint density at radius 1 is 1.26 bits per heavy atom. The molecule has 1 aromatic rings. The predicted octanol–water partition coefficient (Wildman–Crippen LogP) is 3.61. The Kier molecular flexibility index (Phi) is 5.28. The fraction of sp³-hybridized carbons (Fsp3) is 0.800. The van der Waals surface area contributed by atoms with Crippen LogP contribution >= 0.6 is 11.6 Å². The van der Waals surface area contributed by atoms with Crippen LogP contribution in [0.3, 0.4) is 0 Å². The van der Waals surface area contributed by atoms with Crippen LogP contribution < -0.4 is 5.73 Å². The van der Waals surface area contributed by atoms with Crippen LogP contribution in [0.5, 0.6) is 0 Å². The molecule has 19 heavy (non-hydrogen) atoms. The highest BCUT2D eigenvalue weighted by atomic mass is 35.5. The van der Waals surface area contributed by atoms with Crippen LogP contribution in [0.2, 0.25) is 5.02 Å². The highest BCUT2D eigenvalue weighted by Gasteiger charge is 2.22. The molecule has 1 saturated carbocycles. The molecule has 1 heterocycles. The zero-order valence-corrected chi connectivity index (χ0v) is 12.9. The molecule has 1 aliphatic carbocycles. The van der Waals surface area contributed by atoms with Gasteiger partial charge in [-0.25, -0.2) is 0 Å². The van der Waals surface area contributed by atoms with E-state index in [0.29, 0.717) is 5.92 Å². The third-order valence-electron chi connectivity index (χ3n) is 4.45. The standard InChI is InChI=1S/C15H26ClN3/c1-11-15(16)14(19(2)18-11)10-13(17)12-8-6-4-3-5-7-9-12/h12-13H,3-10,17H2,1-2H3. The van der Waals surface area contributed by atoms with Gasteiger partial charge in [0.15, 0.2) is 0 Å². The monoisotopic (exact) mass is 283 g/mol. The van der Waals surface area contributed by atoms with Crippen LogP contribution in [0, 0.1) is 12.8 Å². The van der Waals surface area contributed by atoms with Gasteiger partial charge in [0.05, 0.1) is 16.4 Å². The molecular formula is C15H26ClN3. The molecule has 2 N–H and O–H groups in total.